The summed E-state index contributed by atoms with van der Waals surface area (Å²) in [6, 6.07) is 7.06. The Morgan fingerprint density at radius 2 is 2.06 bits per heavy atom. The lowest BCUT2D eigenvalue weighted by Crippen LogP contribution is -2.46. The van der Waals surface area contributed by atoms with Crippen LogP contribution in [0.4, 0.5) is 4.39 Å². The van der Waals surface area contributed by atoms with Crippen molar-refractivity contribution in [3.63, 3.8) is 0 Å². The van der Waals surface area contributed by atoms with Crippen molar-refractivity contribution in [1.29, 1.82) is 0 Å². The van der Waals surface area contributed by atoms with Crippen LogP contribution < -0.4 is 5.32 Å². The zero-order valence-electron chi connectivity index (χ0n) is 11.4. The SMILES string of the molecule is CNCC1(CN(C)Cc2ccccc2F)CCC1. The van der Waals surface area contributed by atoms with E-state index in [2.05, 4.69) is 17.3 Å². The van der Waals surface area contributed by atoms with Gasteiger partial charge in [-0.1, -0.05) is 24.6 Å². The first-order valence-electron chi connectivity index (χ1n) is 6.72. The number of hydrogen-bond donors (Lipinski definition) is 1. The van der Waals surface area contributed by atoms with E-state index in [1.165, 1.54) is 25.3 Å². The van der Waals surface area contributed by atoms with E-state index in [1.807, 2.05) is 19.2 Å². The lowest BCUT2D eigenvalue weighted by atomic mass is 9.68. The molecule has 100 valence electrons. The number of nitrogens with zero attached hydrogens (tertiary/aromatic N) is 1. The normalized spacial score (nSPS) is 17.8. The van der Waals surface area contributed by atoms with E-state index in [9.17, 15) is 4.39 Å². The third-order valence-corrected chi connectivity index (χ3v) is 3.97. The van der Waals surface area contributed by atoms with Gasteiger partial charge in [0.05, 0.1) is 0 Å². The molecule has 0 aromatic heterocycles. The van der Waals surface area contributed by atoms with Crippen LogP contribution in [0.15, 0.2) is 24.3 Å². The molecule has 1 N–H and O–H groups in total. The molecule has 0 unspecified atom stereocenters. The first-order valence-corrected chi connectivity index (χ1v) is 6.72. The van der Waals surface area contributed by atoms with Crippen molar-refractivity contribution >= 4 is 0 Å². The van der Waals surface area contributed by atoms with Crippen molar-refractivity contribution in [2.45, 2.75) is 25.8 Å². The first kappa shape index (κ1) is 13.5. The Bertz CT molecular complexity index is 388. The second-order valence-corrected chi connectivity index (χ2v) is 5.65. The minimum absolute atomic E-state index is 0.0966. The summed E-state index contributed by atoms with van der Waals surface area (Å²) in [7, 11) is 4.10. The molecule has 0 bridgehead atoms. The summed E-state index contributed by atoms with van der Waals surface area (Å²) < 4.78 is 13.6. The van der Waals surface area contributed by atoms with Gasteiger partial charge in [0, 0.05) is 25.2 Å². The van der Waals surface area contributed by atoms with Crippen molar-refractivity contribution in [1.82, 2.24) is 10.2 Å². The molecule has 0 aliphatic heterocycles. The van der Waals surface area contributed by atoms with E-state index >= 15 is 0 Å². The highest BCUT2D eigenvalue weighted by atomic mass is 19.1. The summed E-state index contributed by atoms with van der Waals surface area (Å²) in [5, 5.41) is 3.29. The van der Waals surface area contributed by atoms with E-state index in [-0.39, 0.29) is 5.82 Å². The first-order chi connectivity index (χ1) is 8.65. The Balaban J connectivity index is 1.92. The van der Waals surface area contributed by atoms with Gasteiger partial charge in [-0.05, 0) is 38.4 Å². The van der Waals surface area contributed by atoms with Gasteiger partial charge in [-0.25, -0.2) is 4.39 Å². The summed E-state index contributed by atoms with van der Waals surface area (Å²) in [6.45, 7) is 2.80. The fraction of sp³-hybridized carbons (Fsp3) is 0.600. The lowest BCUT2D eigenvalue weighted by Gasteiger charge is -2.44. The van der Waals surface area contributed by atoms with Crippen molar-refractivity contribution in [2.75, 3.05) is 27.2 Å². The maximum atomic E-state index is 13.6. The Kier molecular flexibility index (Phi) is 4.36. The molecule has 2 rings (SSSR count). The third kappa shape index (κ3) is 3.09. The molecule has 2 nitrogen and oxygen atoms in total. The predicted molar refractivity (Wildman–Crippen MR) is 72.9 cm³/mol. The summed E-state index contributed by atoms with van der Waals surface area (Å²) >= 11 is 0. The van der Waals surface area contributed by atoms with Gasteiger partial charge in [0.15, 0.2) is 0 Å². The molecule has 0 spiro atoms. The van der Waals surface area contributed by atoms with Crippen LogP contribution in [-0.2, 0) is 6.54 Å². The lowest BCUT2D eigenvalue weighted by molar-refractivity contribution is 0.0763. The zero-order valence-corrected chi connectivity index (χ0v) is 11.4. The van der Waals surface area contributed by atoms with Crippen molar-refractivity contribution in [2.24, 2.45) is 5.41 Å². The molecular formula is C15H23FN2. The summed E-state index contributed by atoms with van der Waals surface area (Å²) in [4.78, 5) is 2.24. The van der Waals surface area contributed by atoms with Crippen molar-refractivity contribution in [3.05, 3.63) is 35.6 Å². The molecule has 3 heteroatoms. The summed E-state index contributed by atoms with van der Waals surface area (Å²) in [5.41, 5.74) is 1.20. The van der Waals surface area contributed by atoms with Gasteiger partial charge in [0.2, 0.25) is 0 Å². The molecule has 1 aliphatic rings. The molecule has 0 amide bonds. The second kappa shape index (κ2) is 5.81. The highest BCUT2D eigenvalue weighted by Gasteiger charge is 2.37. The number of rotatable bonds is 6. The van der Waals surface area contributed by atoms with Crippen molar-refractivity contribution in [3.8, 4) is 0 Å². The Morgan fingerprint density at radius 3 is 2.61 bits per heavy atom. The predicted octanol–water partition coefficient (Wildman–Crippen LogP) is 2.65. The topological polar surface area (TPSA) is 15.3 Å². The van der Waals surface area contributed by atoms with E-state index < -0.39 is 0 Å². The van der Waals surface area contributed by atoms with Gasteiger partial charge in [-0.2, -0.15) is 0 Å². The van der Waals surface area contributed by atoms with Gasteiger partial charge < -0.3 is 10.2 Å². The van der Waals surface area contributed by atoms with E-state index in [4.69, 9.17) is 0 Å². The fourth-order valence-corrected chi connectivity index (χ4v) is 2.99. The molecular weight excluding hydrogens is 227 g/mol. The molecule has 18 heavy (non-hydrogen) atoms. The number of nitrogens with one attached hydrogen (secondary N) is 1. The van der Waals surface area contributed by atoms with Crippen LogP contribution in [0.5, 0.6) is 0 Å². The molecule has 0 saturated heterocycles. The Labute approximate surface area is 109 Å². The van der Waals surface area contributed by atoms with E-state index in [0.717, 1.165) is 18.7 Å². The van der Waals surface area contributed by atoms with Gasteiger partial charge in [0.1, 0.15) is 5.82 Å². The van der Waals surface area contributed by atoms with Crippen LogP contribution in [0.25, 0.3) is 0 Å². The molecule has 0 atom stereocenters. The number of hydrogen-bond acceptors (Lipinski definition) is 2. The molecule has 0 radical (unpaired) electrons. The number of benzene rings is 1. The molecule has 0 heterocycles. The molecule has 1 aromatic carbocycles. The van der Waals surface area contributed by atoms with E-state index in [0.29, 0.717) is 12.0 Å². The highest BCUT2D eigenvalue weighted by Crippen LogP contribution is 2.40. The van der Waals surface area contributed by atoms with E-state index in [1.54, 1.807) is 6.07 Å². The van der Waals surface area contributed by atoms with Gasteiger partial charge in [-0.3, -0.25) is 0 Å². The van der Waals surface area contributed by atoms with Crippen LogP contribution in [0, 0.1) is 11.2 Å². The summed E-state index contributed by atoms with van der Waals surface area (Å²) in [6.07, 6.45) is 3.90. The molecule has 1 saturated carbocycles. The van der Waals surface area contributed by atoms with Gasteiger partial charge >= 0.3 is 0 Å². The quantitative estimate of drug-likeness (QED) is 0.835. The average molecular weight is 250 g/mol. The second-order valence-electron chi connectivity index (χ2n) is 5.65. The molecule has 1 aliphatic carbocycles. The smallest absolute Gasteiger partial charge is 0.127 e. The van der Waals surface area contributed by atoms with Crippen LogP contribution in [0.3, 0.4) is 0 Å². The molecule has 1 fully saturated rings. The zero-order chi connectivity index (χ0) is 13.0. The van der Waals surface area contributed by atoms with Gasteiger partial charge in [0.25, 0.3) is 0 Å². The largest absolute Gasteiger partial charge is 0.319 e. The highest BCUT2D eigenvalue weighted by molar-refractivity contribution is 5.17. The van der Waals surface area contributed by atoms with Gasteiger partial charge in [-0.15, -0.1) is 0 Å². The van der Waals surface area contributed by atoms with Crippen LogP contribution in [0.1, 0.15) is 24.8 Å². The minimum Gasteiger partial charge on any atom is -0.319 e. The Morgan fingerprint density at radius 1 is 1.33 bits per heavy atom. The van der Waals surface area contributed by atoms with Crippen molar-refractivity contribution < 1.29 is 4.39 Å². The third-order valence-electron chi connectivity index (χ3n) is 3.97. The maximum absolute atomic E-state index is 13.6. The van der Waals surface area contributed by atoms with Crippen LogP contribution in [-0.4, -0.2) is 32.1 Å². The minimum atomic E-state index is -0.0966. The van der Waals surface area contributed by atoms with Crippen LogP contribution in [0.2, 0.25) is 0 Å². The Hall–Kier alpha value is -0.930. The standard InChI is InChI=1S/C15H23FN2/c1-17-11-15(8-5-9-15)12-18(2)10-13-6-3-4-7-14(13)16/h3-4,6-7,17H,5,8-12H2,1-2H3. The monoisotopic (exact) mass is 250 g/mol. The van der Waals surface area contributed by atoms with Crippen LogP contribution >= 0.6 is 0 Å². The number of halogens is 1. The fourth-order valence-electron chi connectivity index (χ4n) is 2.99. The maximum Gasteiger partial charge on any atom is 0.127 e. The summed E-state index contributed by atoms with van der Waals surface area (Å²) in [5.74, 6) is -0.0966. The average Bonchev–Trinajstić information content (AvgIpc) is 2.29. The molecule has 1 aromatic rings.